The summed E-state index contributed by atoms with van der Waals surface area (Å²) in [5.41, 5.74) is 2.96. The van der Waals surface area contributed by atoms with Crippen molar-refractivity contribution in [1.29, 1.82) is 0 Å². The number of rotatable bonds is 4. The highest BCUT2D eigenvalue weighted by molar-refractivity contribution is 7.10. The molecule has 0 aliphatic carbocycles. The molecule has 5 amide bonds. The predicted molar refractivity (Wildman–Crippen MR) is 105 cm³/mol. The number of amides is 5. The van der Waals surface area contributed by atoms with Crippen LogP contribution in [0.2, 0.25) is 0 Å². The minimum atomic E-state index is -0.636. The van der Waals surface area contributed by atoms with Crippen LogP contribution in [0.3, 0.4) is 0 Å². The van der Waals surface area contributed by atoms with E-state index in [4.69, 9.17) is 0 Å². The van der Waals surface area contributed by atoms with Crippen LogP contribution in [-0.2, 0) is 22.7 Å². The number of fused-ring (bicyclic) bond motifs is 1. The lowest BCUT2D eigenvalue weighted by Crippen LogP contribution is -2.52. The van der Waals surface area contributed by atoms with Crippen LogP contribution in [0.25, 0.3) is 0 Å². The fourth-order valence-corrected chi connectivity index (χ4v) is 4.13. The summed E-state index contributed by atoms with van der Waals surface area (Å²) in [5, 5.41) is 8.41. The Kier molecular flexibility index (Phi) is 5.01. The number of nitrogens with zero attached hydrogens (tertiary/aromatic N) is 2. The Morgan fingerprint density at radius 3 is 2.86 bits per heavy atom. The maximum absolute atomic E-state index is 12.8. The van der Waals surface area contributed by atoms with Crippen molar-refractivity contribution in [3.63, 3.8) is 0 Å². The first-order valence-electron chi connectivity index (χ1n) is 9.15. The fourth-order valence-electron chi connectivity index (χ4n) is 3.47. The molecule has 1 aromatic heterocycles. The standard InChI is InChI=1S/C19H19N5O4S/c1-10-6-16(29-23-10)22-19(28)20-8-11-2-3-12-9-24(18(27)13(12)7-11)14-4-5-15(25)21-17(14)26/h2-3,6-7,14H,4-5,8-9H2,1H3,(H2,20,22,28)(H,21,25,26). The molecule has 0 saturated carbocycles. The Labute approximate surface area is 170 Å². The van der Waals surface area contributed by atoms with Crippen molar-refractivity contribution in [2.75, 3.05) is 5.32 Å². The van der Waals surface area contributed by atoms with Crippen LogP contribution in [0.5, 0.6) is 0 Å². The number of hydrogen-bond acceptors (Lipinski definition) is 6. The van der Waals surface area contributed by atoms with E-state index >= 15 is 0 Å². The van der Waals surface area contributed by atoms with Gasteiger partial charge in [0.1, 0.15) is 11.0 Å². The fraction of sp³-hybridized carbons (Fsp3) is 0.316. The Hall–Kier alpha value is -3.27. The maximum atomic E-state index is 12.8. The molecule has 1 aromatic carbocycles. The number of imide groups is 1. The smallest absolute Gasteiger partial charge is 0.320 e. The molecule has 1 fully saturated rings. The number of urea groups is 1. The summed E-state index contributed by atoms with van der Waals surface area (Å²) in [6.07, 6.45) is 0.552. The molecule has 10 heteroatoms. The predicted octanol–water partition coefficient (Wildman–Crippen LogP) is 1.53. The topological polar surface area (TPSA) is 121 Å². The van der Waals surface area contributed by atoms with Gasteiger partial charge in [0.2, 0.25) is 11.8 Å². The number of carbonyl (C=O) groups excluding carboxylic acids is 4. The van der Waals surface area contributed by atoms with Gasteiger partial charge < -0.3 is 10.2 Å². The van der Waals surface area contributed by atoms with E-state index in [9.17, 15) is 19.2 Å². The molecule has 3 heterocycles. The highest BCUT2D eigenvalue weighted by atomic mass is 32.1. The van der Waals surface area contributed by atoms with Crippen molar-refractivity contribution in [3.05, 3.63) is 46.6 Å². The van der Waals surface area contributed by atoms with E-state index in [2.05, 4.69) is 20.3 Å². The lowest BCUT2D eigenvalue weighted by atomic mass is 10.0. The molecule has 2 aliphatic heterocycles. The van der Waals surface area contributed by atoms with E-state index in [-0.39, 0.29) is 30.8 Å². The monoisotopic (exact) mass is 413 g/mol. The van der Waals surface area contributed by atoms with Gasteiger partial charge in [0.15, 0.2) is 0 Å². The molecule has 0 bridgehead atoms. The molecule has 2 aromatic rings. The van der Waals surface area contributed by atoms with Crippen LogP contribution >= 0.6 is 11.5 Å². The van der Waals surface area contributed by atoms with Gasteiger partial charge in [-0.2, -0.15) is 4.37 Å². The maximum Gasteiger partial charge on any atom is 0.320 e. The molecule has 0 radical (unpaired) electrons. The van der Waals surface area contributed by atoms with Crippen LogP contribution < -0.4 is 16.0 Å². The summed E-state index contributed by atoms with van der Waals surface area (Å²) < 4.78 is 4.10. The number of nitrogens with one attached hydrogen (secondary N) is 3. The Morgan fingerprint density at radius 1 is 1.31 bits per heavy atom. The molecule has 0 spiro atoms. The van der Waals surface area contributed by atoms with Crippen molar-refractivity contribution in [2.24, 2.45) is 0 Å². The zero-order valence-corrected chi connectivity index (χ0v) is 16.5. The molecule has 1 saturated heterocycles. The van der Waals surface area contributed by atoms with Crippen LogP contribution in [0.15, 0.2) is 24.3 Å². The van der Waals surface area contributed by atoms with Gasteiger partial charge in [0.25, 0.3) is 5.91 Å². The lowest BCUT2D eigenvalue weighted by molar-refractivity contribution is -0.136. The van der Waals surface area contributed by atoms with E-state index in [1.54, 1.807) is 12.1 Å². The second kappa shape index (κ2) is 7.63. The van der Waals surface area contributed by atoms with Gasteiger partial charge in [0.05, 0.1) is 5.69 Å². The molecule has 2 aliphatic rings. The number of anilines is 1. The zero-order valence-electron chi connectivity index (χ0n) is 15.7. The van der Waals surface area contributed by atoms with E-state index in [1.807, 2.05) is 19.1 Å². The Balaban J connectivity index is 1.39. The van der Waals surface area contributed by atoms with Crippen molar-refractivity contribution < 1.29 is 19.2 Å². The minimum absolute atomic E-state index is 0.222. The number of hydrogen-bond donors (Lipinski definition) is 3. The normalized spacial score (nSPS) is 18.4. The van der Waals surface area contributed by atoms with Crippen molar-refractivity contribution in [3.8, 4) is 0 Å². The quantitative estimate of drug-likeness (QED) is 0.657. The number of carbonyl (C=O) groups is 4. The van der Waals surface area contributed by atoms with Crippen molar-refractivity contribution in [2.45, 2.75) is 38.9 Å². The largest absolute Gasteiger partial charge is 0.334 e. The molecule has 1 unspecified atom stereocenters. The summed E-state index contributed by atoms with van der Waals surface area (Å²) in [6.45, 7) is 2.43. The zero-order chi connectivity index (χ0) is 20.5. The first-order chi connectivity index (χ1) is 13.9. The van der Waals surface area contributed by atoms with Gasteiger partial charge in [0, 0.05) is 25.1 Å². The lowest BCUT2D eigenvalue weighted by Gasteiger charge is -2.29. The van der Waals surface area contributed by atoms with E-state index in [0.717, 1.165) is 16.8 Å². The number of piperidine rings is 1. The van der Waals surface area contributed by atoms with Gasteiger partial charge in [-0.15, -0.1) is 0 Å². The average Bonchev–Trinajstić information content (AvgIpc) is 3.23. The summed E-state index contributed by atoms with van der Waals surface area (Å²) in [5.74, 6) is -0.976. The van der Waals surface area contributed by atoms with E-state index < -0.39 is 11.9 Å². The molecule has 29 heavy (non-hydrogen) atoms. The van der Waals surface area contributed by atoms with Gasteiger partial charge in [-0.05, 0) is 48.1 Å². The molecule has 4 rings (SSSR count). The van der Waals surface area contributed by atoms with Crippen molar-refractivity contribution >= 4 is 40.3 Å². The number of aromatic nitrogens is 1. The van der Waals surface area contributed by atoms with Crippen LogP contribution in [0, 0.1) is 6.92 Å². The molecular weight excluding hydrogens is 394 g/mol. The van der Waals surface area contributed by atoms with Gasteiger partial charge in [-0.3, -0.25) is 25.0 Å². The third kappa shape index (κ3) is 3.97. The highest BCUT2D eigenvalue weighted by Crippen LogP contribution is 2.28. The number of benzene rings is 1. The molecule has 9 nitrogen and oxygen atoms in total. The molecule has 3 N–H and O–H groups in total. The second-order valence-corrected chi connectivity index (χ2v) is 7.84. The first-order valence-corrected chi connectivity index (χ1v) is 9.92. The SMILES string of the molecule is Cc1cc(NC(=O)NCc2ccc3c(c2)C(=O)N(C2CCC(=O)NC2=O)C3)sn1. The third-order valence-electron chi connectivity index (χ3n) is 4.91. The summed E-state index contributed by atoms with van der Waals surface area (Å²) >= 11 is 1.20. The average molecular weight is 413 g/mol. The Bertz CT molecular complexity index is 1020. The van der Waals surface area contributed by atoms with Crippen LogP contribution in [0.4, 0.5) is 9.80 Å². The summed E-state index contributed by atoms with van der Waals surface area (Å²) in [4.78, 5) is 49.8. The highest BCUT2D eigenvalue weighted by Gasteiger charge is 2.39. The van der Waals surface area contributed by atoms with Crippen LogP contribution in [-0.4, -0.2) is 39.1 Å². The van der Waals surface area contributed by atoms with Crippen LogP contribution in [0.1, 0.15) is 40.0 Å². The minimum Gasteiger partial charge on any atom is -0.334 e. The molecule has 1 atom stereocenters. The molecule has 150 valence electrons. The second-order valence-electron chi connectivity index (χ2n) is 7.03. The van der Waals surface area contributed by atoms with Gasteiger partial charge in [-0.25, -0.2) is 4.79 Å². The van der Waals surface area contributed by atoms with E-state index in [0.29, 0.717) is 23.5 Å². The van der Waals surface area contributed by atoms with Gasteiger partial charge in [-0.1, -0.05) is 12.1 Å². The first kappa shape index (κ1) is 19.1. The number of aryl methyl sites for hydroxylation is 1. The third-order valence-corrected chi connectivity index (χ3v) is 5.71. The Morgan fingerprint density at radius 2 is 2.14 bits per heavy atom. The summed E-state index contributed by atoms with van der Waals surface area (Å²) in [7, 11) is 0. The van der Waals surface area contributed by atoms with Gasteiger partial charge >= 0.3 is 6.03 Å². The van der Waals surface area contributed by atoms with Crippen molar-refractivity contribution in [1.82, 2.24) is 19.9 Å². The van der Waals surface area contributed by atoms with E-state index in [1.165, 1.54) is 16.4 Å². The molecular formula is C19H19N5O4S. The summed E-state index contributed by atoms with van der Waals surface area (Å²) in [6, 6.07) is 6.20.